The van der Waals surface area contributed by atoms with Crippen LogP contribution < -0.4 is 24.4 Å². The van der Waals surface area contributed by atoms with Gasteiger partial charge >= 0.3 is 5.69 Å². The van der Waals surface area contributed by atoms with Crippen LogP contribution in [-0.2, 0) is 16.6 Å². The number of piperidine rings is 1. The number of ether oxygens (including phenoxy) is 2. The minimum absolute atomic E-state index is 0.00661. The average molecular weight is 1060 g/mol. The van der Waals surface area contributed by atoms with E-state index in [1.165, 1.54) is 41.2 Å². The van der Waals surface area contributed by atoms with E-state index in [9.17, 15) is 32.8 Å². The summed E-state index contributed by atoms with van der Waals surface area (Å²) < 4.78 is 56.2. The number of fused-ring (bicyclic) bond motifs is 1. The van der Waals surface area contributed by atoms with Gasteiger partial charge in [-0.15, -0.1) is 0 Å². The maximum atomic E-state index is 14.7. The number of hydrogen-bond acceptors (Lipinski definition) is 14. The lowest BCUT2D eigenvalue weighted by Gasteiger charge is -2.59. The van der Waals surface area contributed by atoms with Gasteiger partial charge in [-0.2, -0.15) is 0 Å². The van der Waals surface area contributed by atoms with E-state index in [0.29, 0.717) is 55.9 Å². The van der Waals surface area contributed by atoms with Crippen molar-refractivity contribution in [3.05, 3.63) is 136 Å². The number of aromatic nitrogens is 3. The third-order valence-corrected chi connectivity index (χ3v) is 17.9. The molecule has 402 valence electrons. The van der Waals surface area contributed by atoms with Crippen molar-refractivity contribution in [3.63, 3.8) is 0 Å². The molecular formula is C57H68FN9O8S. The zero-order valence-corrected chi connectivity index (χ0v) is 44.6. The minimum atomic E-state index is -4.71. The number of amides is 1. The summed E-state index contributed by atoms with van der Waals surface area (Å²) in [6.45, 7) is 13.3. The van der Waals surface area contributed by atoms with Gasteiger partial charge in [-0.25, -0.2) is 27.5 Å². The molecule has 3 aromatic heterocycles. The number of carbonyl (C=O) groups excluding carboxylic acids is 1. The molecule has 1 spiro atoms. The van der Waals surface area contributed by atoms with Crippen LogP contribution in [0.3, 0.4) is 0 Å². The van der Waals surface area contributed by atoms with Crippen LogP contribution in [-0.4, -0.2) is 107 Å². The number of hydrogen-bond donors (Lipinski definition) is 4. The zero-order valence-electron chi connectivity index (χ0n) is 43.8. The number of carbonyl (C=O) groups is 1. The highest BCUT2D eigenvalue weighted by Crippen LogP contribution is 2.54. The Morgan fingerprint density at radius 3 is 2.42 bits per heavy atom. The summed E-state index contributed by atoms with van der Waals surface area (Å²) in [5.41, 5.74) is 3.85. The molecule has 76 heavy (non-hydrogen) atoms. The molecule has 2 aliphatic heterocycles. The van der Waals surface area contributed by atoms with Crippen molar-refractivity contribution in [1.29, 1.82) is 0 Å². The van der Waals surface area contributed by atoms with E-state index in [4.69, 9.17) is 9.47 Å². The van der Waals surface area contributed by atoms with Gasteiger partial charge in [-0.3, -0.25) is 24.7 Å². The predicted octanol–water partition coefficient (Wildman–Crippen LogP) is 10.1. The van der Waals surface area contributed by atoms with Gasteiger partial charge in [0.2, 0.25) is 5.82 Å². The van der Waals surface area contributed by atoms with Gasteiger partial charge in [0.1, 0.15) is 33.6 Å². The van der Waals surface area contributed by atoms with Gasteiger partial charge in [0.25, 0.3) is 15.9 Å². The first-order valence-electron chi connectivity index (χ1n) is 26.5. The van der Waals surface area contributed by atoms with E-state index in [0.717, 1.165) is 82.1 Å². The summed E-state index contributed by atoms with van der Waals surface area (Å²) in [5, 5.41) is 25.7. The van der Waals surface area contributed by atoms with E-state index in [2.05, 4.69) is 96.9 Å². The van der Waals surface area contributed by atoms with Crippen LogP contribution in [0.2, 0.25) is 0 Å². The predicted molar refractivity (Wildman–Crippen MR) is 289 cm³/mol. The Morgan fingerprint density at radius 2 is 1.71 bits per heavy atom. The number of aromatic amines is 1. The Kier molecular flexibility index (Phi) is 14.9. The molecule has 4 N–H and O–H groups in total. The molecule has 3 aromatic carbocycles. The molecule has 2 saturated carbocycles. The third-order valence-electron chi connectivity index (χ3n) is 16.6. The molecule has 5 heterocycles. The van der Waals surface area contributed by atoms with E-state index in [1.54, 1.807) is 26.2 Å². The van der Waals surface area contributed by atoms with E-state index in [1.807, 2.05) is 12.1 Å². The standard InChI is InChI=1S/C57H68FN9O8S/c1-36(2)45-8-6-7-9-46(45)51-35-65(34-39-10-13-42(74-5)14-11-39)37(3)33-66(51)41-27-57(28-41)20-22-64(23-21-57)40-12-15-47(52(24-40)75-43-25-48-49(58)32-62-53(48)60-30-43)55(68)63-76(72,73)44-26-50(67(70)71)54(61-31-44)59-29-38-16-18-56(4,69)19-17-38/h6-15,24-26,30-32,36-38,41,51,69H,16-23,27-29,33-35H2,1-5H3,(H,59,61)(H,60,62)(H,63,68)/t37-,38?,51-,56?/m0/s1. The number of methoxy groups -OCH3 is 1. The maximum Gasteiger partial charge on any atom is 0.312 e. The van der Waals surface area contributed by atoms with Gasteiger partial charge in [0.15, 0.2) is 0 Å². The summed E-state index contributed by atoms with van der Waals surface area (Å²) in [6.07, 6.45) is 10.3. The summed E-state index contributed by atoms with van der Waals surface area (Å²) in [4.78, 5) is 43.8. The highest BCUT2D eigenvalue weighted by Gasteiger charge is 2.51. The Labute approximate surface area is 443 Å². The number of sulfonamides is 1. The number of piperazine rings is 1. The Bertz CT molecular complexity index is 3200. The first-order valence-corrected chi connectivity index (χ1v) is 27.9. The van der Waals surface area contributed by atoms with Crippen LogP contribution in [0.1, 0.15) is 118 Å². The van der Waals surface area contributed by atoms with E-state index in [-0.39, 0.29) is 45.6 Å². The summed E-state index contributed by atoms with van der Waals surface area (Å²) in [7, 11) is -3.01. The molecular weight excluding hydrogens is 990 g/mol. The van der Waals surface area contributed by atoms with Gasteiger partial charge in [0, 0.05) is 81.4 Å². The lowest BCUT2D eigenvalue weighted by molar-refractivity contribution is -0.384. The second-order valence-electron chi connectivity index (χ2n) is 22.2. The van der Waals surface area contributed by atoms with Crippen molar-refractivity contribution in [2.75, 3.05) is 50.1 Å². The van der Waals surface area contributed by atoms with Crippen LogP contribution >= 0.6 is 0 Å². The number of anilines is 2. The van der Waals surface area contributed by atoms with Crippen molar-refractivity contribution in [2.24, 2.45) is 11.3 Å². The molecule has 17 nitrogen and oxygen atoms in total. The van der Waals surface area contributed by atoms with Crippen molar-refractivity contribution < 1.29 is 37.1 Å². The number of H-pyrrole nitrogens is 1. The second-order valence-corrected chi connectivity index (χ2v) is 23.9. The normalized spacial score (nSPS) is 22.4. The molecule has 2 atom stereocenters. The highest BCUT2D eigenvalue weighted by molar-refractivity contribution is 7.90. The van der Waals surface area contributed by atoms with E-state index < -0.39 is 42.9 Å². The monoisotopic (exact) mass is 1060 g/mol. The van der Waals surface area contributed by atoms with E-state index >= 15 is 0 Å². The molecule has 0 radical (unpaired) electrons. The second kappa shape index (κ2) is 21.4. The van der Waals surface area contributed by atoms with Crippen molar-refractivity contribution in [3.8, 4) is 17.2 Å². The maximum absolute atomic E-state index is 14.7. The number of pyridine rings is 2. The molecule has 4 aliphatic rings. The number of rotatable bonds is 16. The molecule has 0 bridgehead atoms. The van der Waals surface area contributed by atoms with Crippen molar-refractivity contribution in [1.82, 2.24) is 29.5 Å². The minimum Gasteiger partial charge on any atom is -0.497 e. The van der Waals surface area contributed by atoms with Crippen LogP contribution in [0.25, 0.3) is 11.0 Å². The fraction of sp³-hybridized carbons (Fsp3) is 0.456. The smallest absolute Gasteiger partial charge is 0.312 e. The Balaban J connectivity index is 0.844. The summed E-state index contributed by atoms with van der Waals surface area (Å²) >= 11 is 0. The molecule has 0 unspecified atom stereocenters. The average Bonchev–Trinajstić information content (AvgIpc) is 3.85. The lowest BCUT2D eigenvalue weighted by atomic mass is 9.59. The number of nitro groups is 1. The Hall–Kier alpha value is -6.67. The molecule has 1 amide bonds. The third kappa shape index (κ3) is 11.2. The number of benzene rings is 3. The number of aliphatic hydroxyl groups is 1. The van der Waals surface area contributed by atoms with Gasteiger partial charge in [-0.1, -0.05) is 50.2 Å². The van der Waals surface area contributed by atoms with Gasteiger partial charge in [-0.05, 0) is 129 Å². The molecule has 10 rings (SSSR count). The number of nitrogens with one attached hydrogen (secondary N) is 3. The van der Waals surface area contributed by atoms with Crippen LogP contribution in [0.4, 0.5) is 21.6 Å². The zero-order chi connectivity index (χ0) is 53.5. The highest BCUT2D eigenvalue weighted by atomic mass is 32.2. The largest absolute Gasteiger partial charge is 0.497 e. The van der Waals surface area contributed by atoms with Crippen LogP contribution in [0, 0.1) is 27.3 Å². The topological polar surface area (TPSA) is 208 Å². The lowest BCUT2D eigenvalue weighted by Crippen LogP contribution is -2.61. The first kappa shape index (κ1) is 52.8. The Morgan fingerprint density at radius 1 is 0.974 bits per heavy atom. The number of halogens is 1. The molecule has 19 heteroatoms. The van der Waals surface area contributed by atoms with Crippen LogP contribution in [0.5, 0.6) is 17.2 Å². The van der Waals surface area contributed by atoms with Gasteiger partial charge in [0.05, 0.1) is 41.0 Å². The number of nitrogens with zero attached hydrogens (tertiary/aromatic N) is 6. The molecule has 4 fully saturated rings. The van der Waals surface area contributed by atoms with Crippen molar-refractivity contribution in [2.45, 2.75) is 120 Å². The molecule has 2 saturated heterocycles. The van der Waals surface area contributed by atoms with Crippen LogP contribution in [0.15, 0.2) is 102 Å². The summed E-state index contributed by atoms with van der Waals surface area (Å²) in [5.74, 6) is -0.195. The fourth-order valence-electron chi connectivity index (χ4n) is 12.0. The fourth-order valence-corrected chi connectivity index (χ4v) is 13.0. The molecule has 6 aromatic rings. The first-order chi connectivity index (χ1) is 36.4. The summed E-state index contributed by atoms with van der Waals surface area (Å²) in [6, 6.07) is 25.6. The quantitative estimate of drug-likeness (QED) is 0.0526. The SMILES string of the molecule is COc1ccc(CN2C[C@@H](c3ccccc3C(C)C)N(C3CC4(CCN(c5ccc(C(=O)NS(=O)(=O)c6cnc(NCC7CCC(C)(O)CC7)c([N+](=O)[O-])c6)c(Oc6cnc7[nH]cc(F)c7c6)c5)CC4)C3)C[C@@H]2C)cc1. The van der Waals surface area contributed by atoms with Gasteiger partial charge < -0.3 is 29.8 Å². The van der Waals surface area contributed by atoms with Crippen molar-refractivity contribution >= 4 is 44.2 Å². The molecule has 2 aliphatic carbocycles.